The molecule has 9 heteroatoms. The Balaban J connectivity index is 2.24. The number of alkyl halides is 3. The quantitative estimate of drug-likeness (QED) is 0.706. The fraction of sp³-hybridized carbons (Fsp3) is 0.333. The summed E-state index contributed by atoms with van der Waals surface area (Å²) >= 11 is 0. The van der Waals surface area contributed by atoms with E-state index >= 15 is 0 Å². The highest BCUT2D eigenvalue weighted by Crippen LogP contribution is 2.35. The van der Waals surface area contributed by atoms with Crippen molar-refractivity contribution in [2.45, 2.75) is 16.8 Å². The maximum atomic E-state index is 12.9. The Hall–Kier alpha value is -2.42. The molecule has 0 N–H and O–H groups in total. The highest BCUT2D eigenvalue weighted by Gasteiger charge is 2.48. The lowest BCUT2D eigenvalue weighted by Gasteiger charge is -2.23. The number of hydrogen-bond acceptors (Lipinski definition) is 5. The molecule has 0 aliphatic heterocycles. The predicted molar refractivity (Wildman–Crippen MR) is 96.2 cm³/mol. The first kappa shape index (κ1) is 20.9. The Labute approximate surface area is 156 Å². The summed E-state index contributed by atoms with van der Waals surface area (Å²) in [4.78, 5) is 0.724. The molecule has 0 atom stereocenters. The number of hydrogen-bond donors (Lipinski definition) is 0. The first-order valence-electron chi connectivity index (χ1n) is 7.94. The van der Waals surface area contributed by atoms with Crippen molar-refractivity contribution in [2.24, 2.45) is 0 Å². The van der Waals surface area contributed by atoms with Crippen LogP contribution in [0.15, 0.2) is 47.4 Å². The number of nitrogens with zero attached hydrogens (tertiary/aromatic N) is 1. The number of benzene rings is 2. The molecule has 0 unspecified atom stereocenters. The van der Waals surface area contributed by atoms with Gasteiger partial charge in [-0.25, -0.2) is 8.42 Å². The van der Waals surface area contributed by atoms with E-state index < -0.39 is 20.2 Å². The fourth-order valence-electron chi connectivity index (χ4n) is 2.58. The fourth-order valence-corrected chi connectivity index (χ4v) is 3.58. The van der Waals surface area contributed by atoms with Crippen LogP contribution in [0.2, 0.25) is 0 Å². The van der Waals surface area contributed by atoms with E-state index in [4.69, 9.17) is 9.47 Å². The molecule has 0 saturated heterocycles. The molecule has 5 nitrogen and oxygen atoms in total. The maximum absolute atomic E-state index is 12.9. The van der Waals surface area contributed by atoms with Gasteiger partial charge in [0.15, 0.2) is 11.5 Å². The Bertz CT molecular complexity index is 898. The molecule has 0 heterocycles. The number of halogens is 3. The summed E-state index contributed by atoms with van der Waals surface area (Å²) in [6.45, 7) is 0.305. The topological polar surface area (TPSA) is 55.8 Å². The third-order valence-corrected chi connectivity index (χ3v) is 5.59. The molecule has 0 aromatic heterocycles. The molecule has 2 aromatic carbocycles. The summed E-state index contributed by atoms with van der Waals surface area (Å²) in [6, 6.07) is 10.4. The van der Waals surface area contributed by atoms with Gasteiger partial charge in [-0.15, -0.1) is 0 Å². The van der Waals surface area contributed by atoms with Crippen molar-refractivity contribution in [3.63, 3.8) is 0 Å². The molecular weight excluding hydrogens is 383 g/mol. The number of para-hydroxylation sites is 1. The van der Waals surface area contributed by atoms with Crippen molar-refractivity contribution in [3.05, 3.63) is 48.0 Å². The monoisotopic (exact) mass is 403 g/mol. The predicted octanol–water partition coefficient (Wildman–Crippen LogP) is 3.68. The van der Waals surface area contributed by atoms with Gasteiger partial charge in [-0.05, 0) is 36.2 Å². The highest BCUT2D eigenvalue weighted by molar-refractivity contribution is 7.92. The lowest BCUT2D eigenvalue weighted by Crippen LogP contribution is -2.27. The largest absolute Gasteiger partial charge is 0.501 e. The van der Waals surface area contributed by atoms with Crippen molar-refractivity contribution in [1.82, 2.24) is 0 Å². The van der Waals surface area contributed by atoms with Gasteiger partial charge in [0, 0.05) is 13.6 Å². The Morgan fingerprint density at radius 3 is 2.22 bits per heavy atom. The van der Waals surface area contributed by atoms with E-state index in [1.54, 1.807) is 19.2 Å². The first-order valence-corrected chi connectivity index (χ1v) is 9.42. The molecule has 27 heavy (non-hydrogen) atoms. The smallest absolute Gasteiger partial charge is 0.493 e. The number of sulfone groups is 1. The van der Waals surface area contributed by atoms with Crippen LogP contribution in [0.5, 0.6) is 11.5 Å². The SMILES string of the molecule is COc1ccc(CCN(C)c2ccccc2S(=O)(=O)C(F)(F)F)cc1OC. The standard InChI is InChI=1S/C18H20F3NO4S/c1-22(11-10-13-8-9-15(25-2)16(12-13)26-3)14-6-4-5-7-17(14)27(23,24)18(19,20)21/h4-9,12H,10-11H2,1-3H3. The van der Waals surface area contributed by atoms with E-state index in [9.17, 15) is 21.6 Å². The van der Waals surface area contributed by atoms with Crippen molar-refractivity contribution in [2.75, 3.05) is 32.7 Å². The van der Waals surface area contributed by atoms with Gasteiger partial charge in [0.05, 0.1) is 24.8 Å². The van der Waals surface area contributed by atoms with Gasteiger partial charge in [0.2, 0.25) is 0 Å². The van der Waals surface area contributed by atoms with Gasteiger partial charge < -0.3 is 14.4 Å². The third-order valence-electron chi connectivity index (χ3n) is 4.05. The molecule has 2 rings (SSSR count). The summed E-state index contributed by atoms with van der Waals surface area (Å²) in [5.41, 5.74) is -4.49. The minimum atomic E-state index is -5.43. The second-order valence-corrected chi connectivity index (χ2v) is 7.69. The molecule has 148 valence electrons. The van der Waals surface area contributed by atoms with Crippen LogP contribution >= 0.6 is 0 Å². The van der Waals surface area contributed by atoms with Crippen LogP contribution in [-0.4, -0.2) is 41.7 Å². The van der Waals surface area contributed by atoms with E-state index in [0.717, 1.165) is 11.6 Å². The van der Waals surface area contributed by atoms with Crippen molar-refractivity contribution < 1.29 is 31.1 Å². The van der Waals surface area contributed by atoms with Gasteiger partial charge in [0.1, 0.15) is 0 Å². The minimum Gasteiger partial charge on any atom is -0.493 e. The number of likely N-dealkylation sites (N-methyl/N-ethyl adjacent to an activating group) is 1. The Morgan fingerprint density at radius 1 is 1.00 bits per heavy atom. The maximum Gasteiger partial charge on any atom is 0.501 e. The van der Waals surface area contributed by atoms with Crippen LogP contribution in [0.25, 0.3) is 0 Å². The van der Waals surface area contributed by atoms with Crippen molar-refractivity contribution in [1.29, 1.82) is 0 Å². The number of ether oxygens (including phenoxy) is 2. The van der Waals surface area contributed by atoms with Crippen LogP contribution in [0.4, 0.5) is 18.9 Å². The van der Waals surface area contributed by atoms with Gasteiger partial charge in [0.25, 0.3) is 9.84 Å². The Morgan fingerprint density at radius 2 is 1.63 bits per heavy atom. The molecule has 0 aliphatic rings. The van der Waals surface area contributed by atoms with Gasteiger partial charge in [-0.1, -0.05) is 18.2 Å². The van der Waals surface area contributed by atoms with E-state index in [2.05, 4.69) is 0 Å². The second kappa shape index (κ2) is 8.08. The van der Waals surface area contributed by atoms with E-state index in [1.165, 1.54) is 37.3 Å². The zero-order valence-corrected chi connectivity index (χ0v) is 15.9. The van der Waals surface area contributed by atoms with Crippen LogP contribution in [0, 0.1) is 0 Å². The molecule has 0 saturated carbocycles. The van der Waals surface area contributed by atoms with Crippen LogP contribution in [0.1, 0.15) is 5.56 Å². The molecule has 0 fully saturated rings. The zero-order valence-electron chi connectivity index (χ0n) is 15.1. The van der Waals surface area contributed by atoms with Crippen LogP contribution in [-0.2, 0) is 16.3 Å². The summed E-state index contributed by atoms with van der Waals surface area (Å²) in [5.74, 6) is 1.11. The van der Waals surface area contributed by atoms with Crippen molar-refractivity contribution >= 4 is 15.5 Å². The first-order chi connectivity index (χ1) is 12.6. The van der Waals surface area contributed by atoms with Crippen LogP contribution < -0.4 is 14.4 Å². The Kier molecular flexibility index (Phi) is 6.25. The second-order valence-electron chi connectivity index (χ2n) is 5.78. The lowest BCUT2D eigenvalue weighted by atomic mass is 10.1. The molecule has 0 spiro atoms. The molecule has 0 radical (unpaired) electrons. The summed E-state index contributed by atoms with van der Waals surface area (Å²) < 4.78 is 72.8. The lowest BCUT2D eigenvalue weighted by molar-refractivity contribution is -0.0435. The number of anilines is 1. The molecule has 0 bridgehead atoms. The van der Waals surface area contributed by atoms with Gasteiger partial charge in [-0.2, -0.15) is 13.2 Å². The van der Waals surface area contributed by atoms with E-state index in [1.807, 2.05) is 6.07 Å². The summed E-state index contributed by atoms with van der Waals surface area (Å²) in [7, 11) is -0.863. The summed E-state index contributed by atoms with van der Waals surface area (Å²) in [5, 5.41) is 0. The zero-order chi connectivity index (χ0) is 20.2. The minimum absolute atomic E-state index is 0.00435. The molecule has 0 amide bonds. The highest BCUT2D eigenvalue weighted by atomic mass is 32.2. The van der Waals surface area contributed by atoms with Gasteiger partial charge in [-0.3, -0.25) is 0 Å². The average molecular weight is 403 g/mol. The van der Waals surface area contributed by atoms with Gasteiger partial charge >= 0.3 is 5.51 Å². The molecule has 2 aromatic rings. The van der Waals surface area contributed by atoms with E-state index in [0.29, 0.717) is 24.5 Å². The average Bonchev–Trinajstić information content (AvgIpc) is 2.64. The number of methoxy groups -OCH3 is 2. The number of rotatable bonds is 7. The third kappa shape index (κ3) is 4.47. The van der Waals surface area contributed by atoms with E-state index in [-0.39, 0.29) is 5.69 Å². The molecule has 0 aliphatic carbocycles. The van der Waals surface area contributed by atoms with Crippen LogP contribution in [0.3, 0.4) is 0 Å². The summed E-state index contributed by atoms with van der Waals surface area (Å²) in [6.07, 6.45) is 0.469. The normalized spacial score (nSPS) is 11.9. The molecular formula is C18H20F3NO4S. The van der Waals surface area contributed by atoms with Crippen molar-refractivity contribution in [3.8, 4) is 11.5 Å².